The van der Waals surface area contributed by atoms with Gasteiger partial charge < -0.3 is 9.30 Å². The Balaban J connectivity index is 0.00000458. The zero-order chi connectivity index (χ0) is 41.1. The predicted molar refractivity (Wildman–Crippen MR) is 237 cm³/mol. The maximum Gasteiger partial charge on any atom is 2.00 e. The molecule has 8 aromatic carbocycles. The number of alkyl halides is 3. The average molecular weight is 903 g/mol. The number of fused-ring (bicyclic) bond motifs is 6. The van der Waals surface area contributed by atoms with Crippen molar-refractivity contribution in [2.24, 2.45) is 0 Å². The molecule has 5 nitrogen and oxygen atoms in total. The Bertz CT molecular complexity index is 3370. The van der Waals surface area contributed by atoms with Crippen molar-refractivity contribution in [1.82, 2.24) is 18.7 Å². The maximum absolute atomic E-state index is 13.8. The second-order valence-electron chi connectivity index (χ2n) is 14.7. The molecule has 1 aliphatic rings. The summed E-state index contributed by atoms with van der Waals surface area (Å²) in [6.45, 7) is 0. The van der Waals surface area contributed by atoms with Crippen molar-refractivity contribution in [2.45, 2.75) is 6.18 Å². The van der Waals surface area contributed by atoms with Gasteiger partial charge in [0.05, 0.1) is 22.1 Å². The summed E-state index contributed by atoms with van der Waals surface area (Å²) in [5.41, 5.74) is 8.29. The smallest absolute Gasteiger partial charge is 0.509 e. The molecule has 0 fully saturated rings. The van der Waals surface area contributed by atoms with E-state index >= 15 is 0 Å². The van der Waals surface area contributed by atoms with Crippen molar-refractivity contribution >= 4 is 61.3 Å². The Morgan fingerprint density at radius 2 is 1.23 bits per heavy atom. The van der Waals surface area contributed by atoms with Gasteiger partial charge in [0.2, 0.25) is 5.69 Å². The Morgan fingerprint density at radius 1 is 0.565 bits per heavy atom. The summed E-state index contributed by atoms with van der Waals surface area (Å²) in [6.07, 6.45) is -3.35. The van der Waals surface area contributed by atoms with Crippen molar-refractivity contribution in [3.05, 3.63) is 206 Å². The molecule has 0 unspecified atom stereocenters. The quantitative estimate of drug-likeness (QED) is 0.0907. The predicted octanol–water partition coefficient (Wildman–Crippen LogP) is 13.9. The van der Waals surface area contributed by atoms with Gasteiger partial charge in [-0.05, 0) is 68.9 Å². The fourth-order valence-electron chi connectivity index (χ4n) is 8.33. The molecule has 0 radical (unpaired) electrons. The van der Waals surface area contributed by atoms with Gasteiger partial charge in [0.15, 0.2) is 0 Å². The van der Waals surface area contributed by atoms with Gasteiger partial charge in [0.25, 0.3) is 5.69 Å². The zero-order valence-corrected chi connectivity index (χ0v) is 34.1. The molecular weight excluding hydrogens is 872 g/mol. The van der Waals surface area contributed by atoms with Gasteiger partial charge in [-0.25, -0.2) is 4.98 Å². The molecule has 0 aliphatic carbocycles. The molecule has 9 heteroatoms. The molecule has 0 saturated carbocycles. The van der Waals surface area contributed by atoms with Gasteiger partial charge in [0, 0.05) is 29.3 Å². The molecule has 0 saturated heterocycles. The van der Waals surface area contributed by atoms with Crippen molar-refractivity contribution in [1.29, 1.82) is 0 Å². The van der Waals surface area contributed by atoms with Gasteiger partial charge >= 0.3 is 38.3 Å². The van der Waals surface area contributed by atoms with Gasteiger partial charge in [-0.1, -0.05) is 125 Å². The van der Waals surface area contributed by atoms with E-state index in [4.69, 9.17) is 4.74 Å². The molecule has 1 aliphatic heterocycles. The third-order valence-electron chi connectivity index (χ3n) is 11.0. The van der Waals surface area contributed by atoms with Crippen LogP contribution in [0.25, 0.3) is 60.6 Å². The van der Waals surface area contributed by atoms with Crippen LogP contribution in [-0.2, 0) is 26.6 Å². The van der Waals surface area contributed by atoms with Gasteiger partial charge in [-0.3, -0.25) is 0 Å². The molecule has 2 aromatic heterocycles. The third-order valence-corrected chi connectivity index (χ3v) is 11.0. The minimum absolute atomic E-state index is 0. The largest absolute Gasteiger partial charge is 2.00 e. The van der Waals surface area contributed by atoms with E-state index in [-0.39, 0.29) is 26.2 Å². The van der Waals surface area contributed by atoms with Crippen molar-refractivity contribution < 1.29 is 38.3 Å². The fraction of sp³-hybridized carbons (Fsp3) is 0.0189. The molecule has 3 heterocycles. The molecule has 62 heavy (non-hydrogen) atoms. The molecule has 298 valence electrons. The summed E-state index contributed by atoms with van der Waals surface area (Å²) < 4.78 is 53.9. The van der Waals surface area contributed by atoms with Crippen molar-refractivity contribution in [2.75, 3.05) is 0 Å². The number of hydrogen-bond donors (Lipinski definition) is 0. The van der Waals surface area contributed by atoms with E-state index < -0.39 is 11.7 Å². The van der Waals surface area contributed by atoms with Gasteiger partial charge in [-0.2, -0.15) is 25.3 Å². The summed E-state index contributed by atoms with van der Waals surface area (Å²) in [4.78, 5) is 4.35. The van der Waals surface area contributed by atoms with Crippen LogP contribution in [-0.4, -0.2) is 15.6 Å². The molecule has 0 atom stereocenters. The van der Waals surface area contributed by atoms with Gasteiger partial charge in [-0.15, -0.1) is 23.6 Å². The molecule has 10 aromatic rings. The fourth-order valence-corrected chi connectivity index (χ4v) is 8.33. The van der Waals surface area contributed by atoms with Crippen LogP contribution < -0.4 is 13.9 Å². The number of ether oxygens (including phenoxy) is 1. The van der Waals surface area contributed by atoms with E-state index in [0.717, 1.165) is 73.0 Å². The van der Waals surface area contributed by atoms with Crippen LogP contribution >= 0.6 is 0 Å². The number of hydrogen-bond acceptors (Lipinski definition) is 2. The van der Waals surface area contributed by atoms with E-state index in [1.807, 2.05) is 77.4 Å². The summed E-state index contributed by atoms with van der Waals surface area (Å²) in [5.74, 6) is 0.914. The van der Waals surface area contributed by atoms with Crippen LogP contribution in [0.15, 0.2) is 188 Å². The SMILES string of the molecule is FC(F)(F)c1ccnc(-n2c3[c-]c(Oc4[c-]c([N+]5=C=[N+](c6c(-c7ccccc7)cccc6-c6ccccc6)c6c5ccc5ccccc65)ccc4)ccc3c3ccccc32)c1.[Pd+2]. The Labute approximate surface area is 368 Å². The van der Waals surface area contributed by atoms with Crippen LogP contribution in [0.3, 0.4) is 0 Å². The number of benzene rings is 8. The summed E-state index contributed by atoms with van der Waals surface area (Å²) >= 11 is 0. The number of para-hydroxylation sites is 2. The first kappa shape index (κ1) is 38.8. The van der Waals surface area contributed by atoms with Crippen LogP contribution in [0, 0.1) is 12.1 Å². The number of aromatic nitrogens is 2. The standard InChI is InChI=1S/C53H31F3N4O.Pd/c54-53(55,56)38-29-30-57-50(31-38)60-47-24-10-9-21-45(47)46-27-26-41(33-49(46)60)61-40-19-11-18-39(32-40)58-34-59(52-44-20-8-7-17-37(44)25-28-48(52)58)51-42(35-13-3-1-4-14-35)22-12-23-43(51)36-15-5-2-6-16-36;/h1-31H;/q;+2. The molecule has 0 N–H and O–H groups in total. The first-order valence-electron chi connectivity index (χ1n) is 19.7. The second kappa shape index (κ2) is 15.6. The Kier molecular flexibility index (Phi) is 9.74. The number of nitrogens with zero attached hydrogens (tertiary/aromatic N) is 4. The van der Waals surface area contributed by atoms with E-state index in [2.05, 4.69) is 125 Å². The average Bonchev–Trinajstić information content (AvgIpc) is 3.85. The molecule has 0 bridgehead atoms. The molecule has 11 rings (SSSR count). The molecular formula is C53H31F3N4OPd+2. The van der Waals surface area contributed by atoms with Crippen LogP contribution in [0.2, 0.25) is 0 Å². The summed E-state index contributed by atoms with van der Waals surface area (Å²) in [6, 6.07) is 69.3. The number of halogens is 3. The van der Waals surface area contributed by atoms with Crippen molar-refractivity contribution in [3.8, 4) is 39.6 Å². The minimum Gasteiger partial charge on any atom is -0.509 e. The number of rotatable bonds is 7. The van der Waals surface area contributed by atoms with Crippen LogP contribution in [0.5, 0.6) is 11.5 Å². The summed E-state index contributed by atoms with van der Waals surface area (Å²) in [5, 5.41) is 3.82. The van der Waals surface area contributed by atoms with E-state index in [1.54, 1.807) is 4.57 Å². The number of pyridine rings is 1. The maximum atomic E-state index is 13.8. The van der Waals surface area contributed by atoms with Crippen LogP contribution in [0.1, 0.15) is 5.56 Å². The normalized spacial score (nSPS) is 12.2. The monoisotopic (exact) mass is 902 g/mol. The topological polar surface area (TPSA) is 33.1 Å². The second-order valence-corrected chi connectivity index (χ2v) is 14.7. The van der Waals surface area contributed by atoms with Gasteiger partial charge in [0.1, 0.15) is 11.5 Å². The van der Waals surface area contributed by atoms with Crippen molar-refractivity contribution in [3.63, 3.8) is 0 Å². The first-order valence-corrected chi connectivity index (χ1v) is 19.7. The van der Waals surface area contributed by atoms with Crippen LogP contribution in [0.4, 0.5) is 35.9 Å². The zero-order valence-electron chi connectivity index (χ0n) is 32.5. The minimum atomic E-state index is -4.53. The Hall–Kier alpha value is -7.40. The third kappa shape index (κ3) is 6.70. The molecule has 0 spiro atoms. The van der Waals surface area contributed by atoms with E-state index in [9.17, 15) is 13.2 Å². The van der Waals surface area contributed by atoms with E-state index in [0.29, 0.717) is 28.2 Å². The molecule has 0 amide bonds. The summed E-state index contributed by atoms with van der Waals surface area (Å²) in [7, 11) is 0. The van der Waals surface area contributed by atoms with E-state index in [1.165, 1.54) is 6.20 Å². The first-order chi connectivity index (χ1) is 29.9. The Morgan fingerprint density at radius 3 is 1.97 bits per heavy atom.